The number of carbonyl (C=O) groups is 2. The van der Waals surface area contributed by atoms with Gasteiger partial charge < -0.3 is 19.3 Å². The summed E-state index contributed by atoms with van der Waals surface area (Å²) in [7, 11) is 0. The number of hydrogen-bond donors (Lipinski definition) is 1. The topological polar surface area (TPSA) is 82.1 Å². The lowest BCUT2D eigenvalue weighted by atomic mass is 10.2. The lowest BCUT2D eigenvalue weighted by molar-refractivity contribution is -0.137. The van der Waals surface area contributed by atoms with Crippen molar-refractivity contribution in [2.45, 2.75) is 32.1 Å². The second-order valence-corrected chi connectivity index (χ2v) is 6.35. The van der Waals surface area contributed by atoms with Crippen LogP contribution < -0.4 is 4.74 Å². The van der Waals surface area contributed by atoms with Gasteiger partial charge in [-0.2, -0.15) is 0 Å². The number of aromatic hydroxyl groups is 1. The molecule has 1 aliphatic rings. The fourth-order valence-corrected chi connectivity index (χ4v) is 2.53. The molecule has 0 aromatic heterocycles. The number of rotatable bonds is 11. The van der Waals surface area contributed by atoms with Crippen LogP contribution in [-0.2, 0) is 19.1 Å². The van der Waals surface area contributed by atoms with Crippen molar-refractivity contribution in [2.24, 2.45) is 0 Å². The van der Waals surface area contributed by atoms with Gasteiger partial charge in [0, 0.05) is 6.08 Å². The van der Waals surface area contributed by atoms with Crippen LogP contribution in [0.5, 0.6) is 11.5 Å². The summed E-state index contributed by atoms with van der Waals surface area (Å²) in [6.07, 6.45) is 12.5. The van der Waals surface area contributed by atoms with E-state index in [0.29, 0.717) is 36.7 Å². The largest absolute Gasteiger partial charge is 0.508 e. The number of phenols is 1. The van der Waals surface area contributed by atoms with Crippen molar-refractivity contribution in [3.8, 4) is 11.5 Å². The van der Waals surface area contributed by atoms with Gasteiger partial charge in [0.1, 0.15) is 17.3 Å². The molecule has 0 radical (unpaired) electrons. The van der Waals surface area contributed by atoms with Gasteiger partial charge in [-0.15, -0.1) is 0 Å². The van der Waals surface area contributed by atoms with Crippen LogP contribution in [0.15, 0.2) is 72.6 Å². The lowest BCUT2D eigenvalue weighted by Crippen LogP contribution is -2.09. The summed E-state index contributed by atoms with van der Waals surface area (Å²) in [6.45, 7) is 4.34. The molecule has 0 atom stereocenters. The van der Waals surface area contributed by atoms with E-state index in [0.717, 1.165) is 31.8 Å². The smallest absolute Gasteiger partial charge is 0.343 e. The highest BCUT2D eigenvalue weighted by atomic mass is 16.5. The van der Waals surface area contributed by atoms with Crippen molar-refractivity contribution in [3.63, 3.8) is 0 Å². The van der Waals surface area contributed by atoms with E-state index in [1.54, 1.807) is 18.2 Å². The minimum Gasteiger partial charge on any atom is -0.508 e. The summed E-state index contributed by atoms with van der Waals surface area (Å²) in [5.74, 6) is 0.350. The molecule has 0 fully saturated rings. The Morgan fingerprint density at radius 1 is 1.00 bits per heavy atom. The third-order valence-electron chi connectivity index (χ3n) is 4.09. The zero-order chi connectivity index (χ0) is 20.9. The Balaban J connectivity index is 1.65. The molecule has 1 aromatic carbocycles. The molecule has 0 amide bonds. The summed E-state index contributed by atoms with van der Waals surface area (Å²) in [4.78, 5) is 23.2. The van der Waals surface area contributed by atoms with Crippen LogP contribution in [0.3, 0.4) is 0 Å². The predicted octanol–water partition coefficient (Wildman–Crippen LogP) is 4.37. The molecule has 6 heteroatoms. The normalized spacial score (nSPS) is 13.0. The van der Waals surface area contributed by atoms with Crippen LogP contribution in [0, 0.1) is 0 Å². The van der Waals surface area contributed by atoms with Gasteiger partial charge in [-0.3, -0.25) is 0 Å². The first kappa shape index (κ1) is 22.0. The standard InChI is InChI=1S/C23H26O6/c1-2-22(25)28-17-6-4-3-5-16-27-20-9-7-8-18(10-13-20)23(26)29-21-14-11-19(24)12-15-21/h2,8-15,24H,1,3-7,16-17H2. The predicted molar refractivity (Wildman–Crippen MR) is 109 cm³/mol. The zero-order valence-electron chi connectivity index (χ0n) is 16.3. The van der Waals surface area contributed by atoms with E-state index in [2.05, 4.69) is 6.58 Å². The van der Waals surface area contributed by atoms with Gasteiger partial charge in [0.05, 0.1) is 18.8 Å². The maximum absolute atomic E-state index is 12.3. The molecule has 6 nitrogen and oxygen atoms in total. The zero-order valence-corrected chi connectivity index (χ0v) is 16.3. The third kappa shape index (κ3) is 8.51. The van der Waals surface area contributed by atoms with E-state index >= 15 is 0 Å². The second kappa shape index (κ2) is 12.2. The summed E-state index contributed by atoms with van der Waals surface area (Å²) in [5, 5.41) is 9.27. The van der Waals surface area contributed by atoms with Crippen LogP contribution in [-0.4, -0.2) is 30.3 Å². The van der Waals surface area contributed by atoms with Gasteiger partial charge in [-0.1, -0.05) is 12.7 Å². The highest BCUT2D eigenvalue weighted by Gasteiger charge is 2.11. The number of benzene rings is 1. The third-order valence-corrected chi connectivity index (χ3v) is 4.09. The maximum atomic E-state index is 12.3. The number of allylic oxidation sites excluding steroid dienone is 3. The number of unbranched alkanes of at least 4 members (excludes halogenated alkanes) is 3. The van der Waals surface area contributed by atoms with Crippen molar-refractivity contribution < 1.29 is 28.9 Å². The van der Waals surface area contributed by atoms with Crippen molar-refractivity contribution >= 4 is 11.9 Å². The molecule has 0 heterocycles. The van der Waals surface area contributed by atoms with E-state index in [4.69, 9.17) is 14.2 Å². The van der Waals surface area contributed by atoms with E-state index in [-0.39, 0.29) is 11.7 Å². The average Bonchev–Trinajstić information content (AvgIpc) is 2.97. The molecule has 0 saturated heterocycles. The van der Waals surface area contributed by atoms with Crippen LogP contribution in [0.25, 0.3) is 0 Å². The maximum Gasteiger partial charge on any atom is 0.343 e. The van der Waals surface area contributed by atoms with Gasteiger partial charge in [-0.25, -0.2) is 9.59 Å². The Morgan fingerprint density at radius 2 is 1.72 bits per heavy atom. The molecule has 0 aliphatic heterocycles. The summed E-state index contributed by atoms with van der Waals surface area (Å²) < 4.78 is 16.0. The minimum atomic E-state index is -0.459. The molecule has 2 rings (SSSR count). The Hall–Kier alpha value is -3.28. The molecule has 0 saturated carbocycles. The quantitative estimate of drug-likeness (QED) is 0.258. The molecule has 29 heavy (non-hydrogen) atoms. The Kier molecular flexibility index (Phi) is 9.29. The number of ether oxygens (including phenoxy) is 3. The van der Waals surface area contributed by atoms with Crippen LogP contribution >= 0.6 is 0 Å². The summed E-state index contributed by atoms with van der Waals surface area (Å²) in [6, 6.07) is 5.98. The molecule has 154 valence electrons. The molecule has 0 spiro atoms. The summed E-state index contributed by atoms with van der Waals surface area (Å²) in [5.41, 5.74) is 0.446. The van der Waals surface area contributed by atoms with E-state index in [9.17, 15) is 14.7 Å². The number of hydrogen-bond acceptors (Lipinski definition) is 6. The highest BCUT2D eigenvalue weighted by Crippen LogP contribution is 2.19. The molecule has 1 N–H and O–H groups in total. The molecule has 0 unspecified atom stereocenters. The van der Waals surface area contributed by atoms with Gasteiger partial charge in [-0.05, 0) is 74.6 Å². The van der Waals surface area contributed by atoms with Gasteiger partial charge in [0.2, 0.25) is 0 Å². The van der Waals surface area contributed by atoms with Crippen LogP contribution in [0.2, 0.25) is 0 Å². The van der Waals surface area contributed by atoms with E-state index in [1.807, 2.05) is 6.08 Å². The first-order valence-electron chi connectivity index (χ1n) is 9.60. The SMILES string of the molecule is C=CC(=O)OCCCCCCOC1=CCC=C(C(=O)Oc2ccc(O)cc2)C=C1. The van der Waals surface area contributed by atoms with Crippen LogP contribution in [0.1, 0.15) is 32.1 Å². The van der Waals surface area contributed by atoms with Crippen molar-refractivity contribution in [1.82, 2.24) is 0 Å². The van der Waals surface area contributed by atoms with Gasteiger partial charge in [0.15, 0.2) is 0 Å². The van der Waals surface area contributed by atoms with Gasteiger partial charge in [0.25, 0.3) is 0 Å². The Bertz CT molecular complexity index is 786. The number of esters is 2. The average molecular weight is 398 g/mol. The molecule has 0 bridgehead atoms. The Morgan fingerprint density at radius 3 is 2.45 bits per heavy atom. The van der Waals surface area contributed by atoms with Crippen molar-refractivity contribution in [3.05, 3.63) is 72.6 Å². The minimum absolute atomic E-state index is 0.112. The van der Waals surface area contributed by atoms with Crippen molar-refractivity contribution in [2.75, 3.05) is 13.2 Å². The molecular weight excluding hydrogens is 372 g/mol. The van der Waals surface area contributed by atoms with E-state index < -0.39 is 5.97 Å². The molecule has 1 aliphatic carbocycles. The first-order chi connectivity index (χ1) is 14.1. The molecule has 1 aromatic rings. The Labute approximate surface area is 170 Å². The fourth-order valence-electron chi connectivity index (χ4n) is 2.53. The number of phenolic OH excluding ortho intramolecular Hbond substituents is 1. The first-order valence-corrected chi connectivity index (χ1v) is 9.60. The lowest BCUT2D eigenvalue weighted by Gasteiger charge is -2.07. The highest BCUT2D eigenvalue weighted by molar-refractivity contribution is 5.93. The summed E-state index contributed by atoms with van der Waals surface area (Å²) >= 11 is 0. The van der Waals surface area contributed by atoms with Gasteiger partial charge >= 0.3 is 11.9 Å². The number of carbonyl (C=O) groups excluding carboxylic acids is 2. The van der Waals surface area contributed by atoms with Crippen LogP contribution in [0.4, 0.5) is 0 Å². The monoisotopic (exact) mass is 398 g/mol. The van der Waals surface area contributed by atoms with Crippen molar-refractivity contribution in [1.29, 1.82) is 0 Å². The fraction of sp³-hybridized carbons (Fsp3) is 0.304. The molecular formula is C23H26O6. The van der Waals surface area contributed by atoms with E-state index in [1.165, 1.54) is 24.3 Å². The second-order valence-electron chi connectivity index (χ2n) is 6.35.